The van der Waals surface area contributed by atoms with Crippen LogP contribution in [0.2, 0.25) is 0 Å². The molecule has 0 atom stereocenters. The molecule has 0 bridgehead atoms. The zero-order valence-corrected chi connectivity index (χ0v) is 21.3. The predicted molar refractivity (Wildman–Crippen MR) is 129 cm³/mol. The summed E-state index contributed by atoms with van der Waals surface area (Å²) in [6, 6.07) is 7.88. The van der Waals surface area contributed by atoms with Crippen LogP contribution in [-0.4, -0.2) is 18.3 Å². The van der Waals surface area contributed by atoms with Gasteiger partial charge in [-0.1, -0.05) is 37.6 Å². The lowest BCUT2D eigenvalue weighted by Crippen LogP contribution is -2.40. The summed E-state index contributed by atoms with van der Waals surface area (Å²) in [5.74, 6) is -5.46. The van der Waals surface area contributed by atoms with Crippen LogP contribution >= 0.6 is 0 Å². The molecule has 2 saturated carbocycles. The van der Waals surface area contributed by atoms with Crippen LogP contribution in [0.1, 0.15) is 87.3 Å². The van der Waals surface area contributed by atoms with Crippen LogP contribution in [-0.2, 0) is 22.0 Å². The van der Waals surface area contributed by atoms with Crippen molar-refractivity contribution >= 4 is 0 Å². The first kappa shape index (κ1) is 28.9. The van der Waals surface area contributed by atoms with E-state index >= 15 is 0 Å². The van der Waals surface area contributed by atoms with Gasteiger partial charge >= 0.3 is 12.2 Å². The van der Waals surface area contributed by atoms with Crippen molar-refractivity contribution in [3.05, 3.63) is 70.5 Å². The average molecular weight is 547 g/mol. The molecule has 2 aromatic carbocycles. The molecule has 0 aliphatic heterocycles. The van der Waals surface area contributed by atoms with Crippen LogP contribution in [0, 0.1) is 23.4 Å². The number of hydrogen-bond acceptors (Lipinski definition) is 2. The van der Waals surface area contributed by atoms with Gasteiger partial charge in [-0.25, -0.2) is 13.2 Å². The number of benzene rings is 2. The largest absolute Gasteiger partial charge is 0.383 e. The highest BCUT2D eigenvalue weighted by atomic mass is 19.3. The maximum absolute atomic E-state index is 14.9. The summed E-state index contributed by atoms with van der Waals surface area (Å²) < 4.78 is 110. The first-order chi connectivity index (χ1) is 18.0. The highest BCUT2D eigenvalue weighted by Gasteiger charge is 2.46. The van der Waals surface area contributed by atoms with Gasteiger partial charge in [0.25, 0.3) is 0 Å². The number of alkyl halides is 4. The maximum Gasteiger partial charge on any atom is 0.383 e. The minimum absolute atomic E-state index is 0.00728. The summed E-state index contributed by atoms with van der Waals surface area (Å²) in [5.41, 5.74) is 1.01. The molecule has 0 amide bonds. The van der Waals surface area contributed by atoms with E-state index in [4.69, 9.17) is 9.47 Å². The first-order valence-corrected chi connectivity index (χ1v) is 13.3. The van der Waals surface area contributed by atoms with Crippen molar-refractivity contribution in [2.24, 2.45) is 5.92 Å². The molecule has 0 spiro atoms. The molecule has 0 heterocycles. The maximum atomic E-state index is 14.9. The Morgan fingerprint density at radius 3 is 1.82 bits per heavy atom. The van der Waals surface area contributed by atoms with Crippen molar-refractivity contribution in [2.75, 3.05) is 0 Å². The molecule has 0 unspecified atom stereocenters. The van der Waals surface area contributed by atoms with Gasteiger partial charge in [0.2, 0.25) is 0 Å². The molecule has 9 heteroatoms. The van der Waals surface area contributed by atoms with Gasteiger partial charge in [-0.05, 0) is 87.0 Å². The molecule has 4 rings (SSSR count). The Morgan fingerprint density at radius 1 is 0.737 bits per heavy atom. The lowest BCUT2D eigenvalue weighted by atomic mass is 9.82. The van der Waals surface area contributed by atoms with E-state index in [1.165, 1.54) is 12.1 Å². The molecular formula is C29H33F7O2. The average Bonchev–Trinajstić information content (AvgIpc) is 2.88. The molecule has 38 heavy (non-hydrogen) atoms. The number of aryl methyl sites for hydroxylation is 1. The van der Waals surface area contributed by atoms with Crippen molar-refractivity contribution in [2.45, 2.75) is 101 Å². The van der Waals surface area contributed by atoms with Crippen LogP contribution in [0.3, 0.4) is 0 Å². The van der Waals surface area contributed by atoms with Crippen LogP contribution < -0.4 is 0 Å². The van der Waals surface area contributed by atoms with Gasteiger partial charge < -0.3 is 9.47 Å². The van der Waals surface area contributed by atoms with Crippen LogP contribution in [0.5, 0.6) is 0 Å². The number of halogens is 7. The Balaban J connectivity index is 1.25. The number of hydrogen-bond donors (Lipinski definition) is 0. The van der Waals surface area contributed by atoms with Crippen molar-refractivity contribution in [3.8, 4) is 0 Å². The summed E-state index contributed by atoms with van der Waals surface area (Å²) in [5, 5.41) is 0. The van der Waals surface area contributed by atoms with Gasteiger partial charge in [-0.15, -0.1) is 0 Å². The lowest BCUT2D eigenvalue weighted by Gasteiger charge is -2.37. The standard InChI is InChI=1S/C29H33F7O2/c1-2-3-18-4-8-21(9-5-18)28(33,34)38-24-14-10-22(11-15-24)29(35,36)37-23-12-6-19(7-13-23)20-16-25(30)27(32)26(31)17-20/h4-5,8-9,16-17,19,22-24H,2-3,6-7,10-15H2,1H3. The summed E-state index contributed by atoms with van der Waals surface area (Å²) in [4.78, 5) is 0. The Labute approximate surface area is 218 Å². The minimum Gasteiger partial charge on any atom is -0.317 e. The molecular weight excluding hydrogens is 513 g/mol. The second-order valence-electron chi connectivity index (χ2n) is 10.5. The molecule has 2 nitrogen and oxygen atoms in total. The van der Waals surface area contributed by atoms with Gasteiger partial charge in [-0.2, -0.15) is 17.6 Å². The minimum atomic E-state index is -3.50. The molecule has 2 aliphatic carbocycles. The molecule has 0 saturated heterocycles. The van der Waals surface area contributed by atoms with Crippen LogP contribution in [0.4, 0.5) is 30.7 Å². The summed E-state index contributed by atoms with van der Waals surface area (Å²) >= 11 is 0. The topological polar surface area (TPSA) is 18.5 Å². The smallest absolute Gasteiger partial charge is 0.317 e. The van der Waals surface area contributed by atoms with Crippen molar-refractivity contribution in [1.82, 2.24) is 0 Å². The fraction of sp³-hybridized carbons (Fsp3) is 0.586. The Bertz CT molecular complexity index is 1030. The van der Waals surface area contributed by atoms with Gasteiger partial charge in [0.1, 0.15) is 0 Å². The Hall–Kier alpha value is -2.13. The third kappa shape index (κ3) is 6.89. The molecule has 210 valence electrons. The monoisotopic (exact) mass is 546 g/mol. The fourth-order valence-electron chi connectivity index (χ4n) is 5.59. The van der Waals surface area contributed by atoms with Gasteiger partial charge in [0, 0.05) is 0 Å². The van der Waals surface area contributed by atoms with Gasteiger partial charge in [-0.3, -0.25) is 0 Å². The van der Waals surface area contributed by atoms with Crippen LogP contribution in [0.15, 0.2) is 36.4 Å². The molecule has 0 aromatic heterocycles. The van der Waals surface area contributed by atoms with Crippen molar-refractivity contribution in [1.29, 1.82) is 0 Å². The first-order valence-electron chi connectivity index (χ1n) is 13.3. The van der Waals surface area contributed by atoms with E-state index in [0.717, 1.165) is 30.5 Å². The fourth-order valence-corrected chi connectivity index (χ4v) is 5.59. The lowest BCUT2D eigenvalue weighted by molar-refractivity contribution is -0.311. The second-order valence-corrected chi connectivity index (χ2v) is 10.5. The van der Waals surface area contributed by atoms with E-state index in [1.807, 2.05) is 6.92 Å². The molecule has 0 N–H and O–H groups in total. The summed E-state index contributed by atoms with van der Waals surface area (Å²) in [6.45, 7) is 2.00. The SMILES string of the molecule is CCCc1ccc(C(F)(F)OC2CCC(C(F)(F)OC3CCC(c4cc(F)c(F)c(F)c4)CC3)CC2)cc1. The molecule has 2 aromatic rings. The van der Waals surface area contributed by atoms with E-state index in [0.29, 0.717) is 18.4 Å². The van der Waals surface area contributed by atoms with Crippen LogP contribution in [0.25, 0.3) is 0 Å². The molecule has 0 radical (unpaired) electrons. The van der Waals surface area contributed by atoms with E-state index in [-0.39, 0.29) is 50.0 Å². The van der Waals surface area contributed by atoms with Crippen molar-refractivity contribution < 1.29 is 40.2 Å². The normalized spacial score (nSPS) is 24.9. The Morgan fingerprint density at radius 2 is 1.26 bits per heavy atom. The van der Waals surface area contributed by atoms with Crippen molar-refractivity contribution in [3.63, 3.8) is 0 Å². The van der Waals surface area contributed by atoms with E-state index < -0.39 is 47.8 Å². The zero-order valence-electron chi connectivity index (χ0n) is 21.3. The molecule has 2 aliphatic rings. The Kier molecular flexibility index (Phi) is 9.07. The third-order valence-corrected chi connectivity index (χ3v) is 7.77. The summed E-state index contributed by atoms with van der Waals surface area (Å²) in [6.07, 6.45) is -5.38. The van der Waals surface area contributed by atoms with Gasteiger partial charge in [0.15, 0.2) is 17.5 Å². The highest BCUT2D eigenvalue weighted by molar-refractivity contribution is 5.25. The van der Waals surface area contributed by atoms with E-state index in [9.17, 15) is 30.7 Å². The predicted octanol–water partition coefficient (Wildman–Crippen LogP) is 9.02. The van der Waals surface area contributed by atoms with E-state index in [1.54, 1.807) is 12.1 Å². The summed E-state index contributed by atoms with van der Waals surface area (Å²) in [7, 11) is 0. The number of rotatable bonds is 9. The molecule has 2 fully saturated rings. The quantitative estimate of drug-likeness (QED) is 0.231. The number of ether oxygens (including phenoxy) is 2. The van der Waals surface area contributed by atoms with Gasteiger partial charge in [0.05, 0.1) is 23.7 Å². The second kappa shape index (κ2) is 11.9. The third-order valence-electron chi connectivity index (χ3n) is 7.77. The zero-order chi connectivity index (χ0) is 27.5. The highest BCUT2D eigenvalue weighted by Crippen LogP contribution is 2.44. The van der Waals surface area contributed by atoms with E-state index in [2.05, 4.69) is 0 Å².